The van der Waals surface area contributed by atoms with Crippen LogP contribution in [0.1, 0.15) is 24.2 Å². The number of aromatic nitrogens is 2. The predicted octanol–water partition coefficient (Wildman–Crippen LogP) is 1.48. The lowest BCUT2D eigenvalue weighted by Gasteiger charge is -2.34. The van der Waals surface area contributed by atoms with Crippen LogP contribution in [-0.2, 0) is 9.59 Å². The number of benzene rings is 1. The highest BCUT2D eigenvalue weighted by atomic mass is 16.2. The van der Waals surface area contributed by atoms with Gasteiger partial charge in [-0.2, -0.15) is 0 Å². The monoisotopic (exact) mass is 382 g/mol. The van der Waals surface area contributed by atoms with E-state index in [1.807, 2.05) is 0 Å². The number of hydrogen-bond donors (Lipinski definition) is 2. The molecule has 9 nitrogen and oxygen atoms in total. The van der Waals surface area contributed by atoms with E-state index in [0.717, 1.165) is 5.69 Å². The molecule has 0 radical (unpaired) electrons. The Morgan fingerprint density at radius 3 is 1.93 bits per heavy atom. The van der Waals surface area contributed by atoms with Crippen LogP contribution in [0.5, 0.6) is 0 Å². The van der Waals surface area contributed by atoms with Gasteiger partial charge in [-0.15, -0.1) is 0 Å². The van der Waals surface area contributed by atoms with Crippen LogP contribution in [0.3, 0.4) is 0 Å². The van der Waals surface area contributed by atoms with Crippen LogP contribution in [0.25, 0.3) is 0 Å². The Kier molecular flexibility index (Phi) is 5.83. The van der Waals surface area contributed by atoms with Crippen LogP contribution in [0, 0.1) is 0 Å². The first-order valence-corrected chi connectivity index (χ1v) is 8.94. The van der Waals surface area contributed by atoms with Crippen LogP contribution in [0.4, 0.5) is 17.3 Å². The summed E-state index contributed by atoms with van der Waals surface area (Å²) in [5.41, 5.74) is 1.86. The first-order chi connectivity index (χ1) is 13.4. The zero-order valence-electron chi connectivity index (χ0n) is 15.8. The Morgan fingerprint density at radius 2 is 1.39 bits per heavy atom. The minimum Gasteiger partial charge on any atom is -0.339 e. The maximum Gasteiger partial charge on any atom is 0.257 e. The molecule has 1 aromatic heterocycles. The number of amides is 3. The SMILES string of the molecule is CC(=O)Nc1ccc(Nc2ncc(C(=O)N3CCN(C(C)=O)CC3)cn2)cc1. The summed E-state index contributed by atoms with van der Waals surface area (Å²) < 4.78 is 0. The van der Waals surface area contributed by atoms with Gasteiger partial charge in [0.05, 0.1) is 5.56 Å². The summed E-state index contributed by atoms with van der Waals surface area (Å²) in [7, 11) is 0. The van der Waals surface area contributed by atoms with Gasteiger partial charge in [0.1, 0.15) is 0 Å². The molecule has 2 aromatic rings. The Balaban J connectivity index is 1.58. The number of piperazine rings is 1. The summed E-state index contributed by atoms with van der Waals surface area (Å²) in [6.45, 7) is 5.06. The van der Waals surface area contributed by atoms with Crippen molar-refractivity contribution < 1.29 is 14.4 Å². The maximum absolute atomic E-state index is 12.6. The molecule has 0 bridgehead atoms. The Labute approximate surface area is 162 Å². The van der Waals surface area contributed by atoms with Gasteiger partial charge in [-0.05, 0) is 24.3 Å². The topological polar surface area (TPSA) is 108 Å². The summed E-state index contributed by atoms with van der Waals surface area (Å²) in [6, 6.07) is 7.12. The van der Waals surface area contributed by atoms with E-state index in [4.69, 9.17) is 0 Å². The van der Waals surface area contributed by atoms with Crippen molar-refractivity contribution in [1.29, 1.82) is 0 Å². The molecule has 146 valence electrons. The zero-order valence-corrected chi connectivity index (χ0v) is 15.8. The standard InChI is InChI=1S/C19H22N6O3/c1-13(26)22-16-3-5-17(6-4-16)23-19-20-11-15(12-21-19)18(28)25-9-7-24(8-10-25)14(2)27/h3-6,11-12H,7-10H2,1-2H3,(H,22,26)(H,20,21,23). The van der Waals surface area contributed by atoms with E-state index < -0.39 is 0 Å². The number of rotatable bonds is 4. The van der Waals surface area contributed by atoms with Crippen molar-refractivity contribution >= 4 is 35.0 Å². The molecule has 28 heavy (non-hydrogen) atoms. The first kappa shape index (κ1) is 19.3. The second kappa shape index (κ2) is 8.47. The molecule has 0 atom stereocenters. The Bertz CT molecular complexity index is 858. The summed E-state index contributed by atoms with van der Waals surface area (Å²) in [6.07, 6.45) is 2.97. The van der Waals surface area contributed by atoms with Crippen molar-refractivity contribution in [2.24, 2.45) is 0 Å². The third-order valence-electron chi connectivity index (χ3n) is 4.37. The lowest BCUT2D eigenvalue weighted by molar-refractivity contribution is -0.130. The number of nitrogens with one attached hydrogen (secondary N) is 2. The molecule has 1 saturated heterocycles. The van der Waals surface area contributed by atoms with Crippen LogP contribution in [0.2, 0.25) is 0 Å². The molecular weight excluding hydrogens is 360 g/mol. The van der Waals surface area contributed by atoms with Gasteiger partial charge in [0, 0.05) is 63.8 Å². The maximum atomic E-state index is 12.6. The summed E-state index contributed by atoms with van der Waals surface area (Å²) >= 11 is 0. The second-order valence-electron chi connectivity index (χ2n) is 6.48. The number of hydrogen-bond acceptors (Lipinski definition) is 6. The lowest BCUT2D eigenvalue weighted by Crippen LogP contribution is -2.50. The molecule has 0 aliphatic carbocycles. The van der Waals surface area contributed by atoms with Crippen LogP contribution >= 0.6 is 0 Å². The van der Waals surface area contributed by atoms with E-state index in [9.17, 15) is 14.4 Å². The number of carbonyl (C=O) groups is 3. The molecule has 0 saturated carbocycles. The van der Waals surface area contributed by atoms with Gasteiger partial charge in [0.2, 0.25) is 17.8 Å². The summed E-state index contributed by atoms with van der Waals surface area (Å²) in [5.74, 6) is 0.114. The number of carbonyl (C=O) groups excluding carboxylic acids is 3. The largest absolute Gasteiger partial charge is 0.339 e. The third-order valence-corrected chi connectivity index (χ3v) is 4.37. The normalized spacial score (nSPS) is 13.8. The fourth-order valence-corrected chi connectivity index (χ4v) is 2.88. The fraction of sp³-hybridized carbons (Fsp3) is 0.316. The minimum atomic E-state index is -0.144. The van der Waals surface area contributed by atoms with Crippen molar-refractivity contribution in [3.05, 3.63) is 42.2 Å². The Hall–Kier alpha value is -3.49. The molecule has 1 fully saturated rings. The summed E-state index contributed by atoms with van der Waals surface area (Å²) in [4.78, 5) is 46.8. The quantitative estimate of drug-likeness (QED) is 0.829. The molecule has 2 N–H and O–H groups in total. The molecule has 0 unspecified atom stereocenters. The van der Waals surface area contributed by atoms with E-state index in [1.165, 1.54) is 26.2 Å². The van der Waals surface area contributed by atoms with Crippen molar-refractivity contribution in [3.8, 4) is 0 Å². The van der Waals surface area contributed by atoms with Gasteiger partial charge < -0.3 is 20.4 Å². The first-order valence-electron chi connectivity index (χ1n) is 8.94. The van der Waals surface area contributed by atoms with Crippen molar-refractivity contribution in [3.63, 3.8) is 0 Å². The highest BCUT2D eigenvalue weighted by molar-refractivity contribution is 5.94. The highest BCUT2D eigenvalue weighted by Gasteiger charge is 2.23. The summed E-state index contributed by atoms with van der Waals surface area (Å²) in [5, 5.41) is 5.74. The zero-order chi connectivity index (χ0) is 20.1. The molecule has 9 heteroatoms. The van der Waals surface area contributed by atoms with Crippen molar-refractivity contribution in [2.45, 2.75) is 13.8 Å². The average Bonchev–Trinajstić information content (AvgIpc) is 2.69. The van der Waals surface area contributed by atoms with E-state index >= 15 is 0 Å². The fourth-order valence-electron chi connectivity index (χ4n) is 2.88. The van der Waals surface area contributed by atoms with E-state index in [0.29, 0.717) is 43.4 Å². The Morgan fingerprint density at radius 1 is 0.857 bits per heavy atom. The highest BCUT2D eigenvalue weighted by Crippen LogP contribution is 2.17. The van der Waals surface area contributed by atoms with Crippen LogP contribution in [0.15, 0.2) is 36.7 Å². The molecule has 1 aliphatic rings. The van der Waals surface area contributed by atoms with Gasteiger partial charge in [-0.25, -0.2) is 9.97 Å². The smallest absolute Gasteiger partial charge is 0.257 e. The molecule has 0 spiro atoms. The van der Waals surface area contributed by atoms with Gasteiger partial charge >= 0.3 is 0 Å². The molecule has 2 heterocycles. The molecule has 1 aromatic carbocycles. The lowest BCUT2D eigenvalue weighted by atomic mass is 10.2. The van der Waals surface area contributed by atoms with Gasteiger partial charge in [0.25, 0.3) is 5.91 Å². The predicted molar refractivity (Wildman–Crippen MR) is 104 cm³/mol. The third kappa shape index (κ3) is 4.81. The van der Waals surface area contributed by atoms with Crippen LogP contribution in [-0.4, -0.2) is 63.7 Å². The number of nitrogens with zero attached hydrogens (tertiary/aromatic N) is 4. The van der Waals surface area contributed by atoms with Crippen molar-refractivity contribution in [2.75, 3.05) is 36.8 Å². The van der Waals surface area contributed by atoms with E-state index in [-0.39, 0.29) is 17.7 Å². The molecular formula is C19H22N6O3. The van der Waals surface area contributed by atoms with E-state index in [2.05, 4.69) is 20.6 Å². The number of anilines is 3. The van der Waals surface area contributed by atoms with E-state index in [1.54, 1.807) is 34.1 Å². The average molecular weight is 382 g/mol. The minimum absolute atomic E-state index is 0.0240. The van der Waals surface area contributed by atoms with Gasteiger partial charge in [-0.3, -0.25) is 14.4 Å². The molecule has 3 amide bonds. The van der Waals surface area contributed by atoms with Gasteiger partial charge in [0.15, 0.2) is 0 Å². The van der Waals surface area contributed by atoms with Gasteiger partial charge in [-0.1, -0.05) is 0 Å². The molecule has 3 rings (SSSR count). The molecule has 1 aliphatic heterocycles. The second-order valence-corrected chi connectivity index (χ2v) is 6.48. The van der Waals surface area contributed by atoms with Crippen molar-refractivity contribution in [1.82, 2.24) is 19.8 Å². The van der Waals surface area contributed by atoms with Crippen LogP contribution < -0.4 is 10.6 Å².